The summed E-state index contributed by atoms with van der Waals surface area (Å²) < 4.78 is 0. The maximum Gasteiger partial charge on any atom is -0.0142 e. The van der Waals surface area contributed by atoms with E-state index in [0.29, 0.717) is 10.8 Å². The second-order valence-electron chi connectivity index (χ2n) is 5.19. The first-order valence-electron chi connectivity index (χ1n) is 4.93. The molecule has 0 bridgehead atoms. The third-order valence-electron chi connectivity index (χ3n) is 2.71. The maximum atomic E-state index is 2.33. The lowest BCUT2D eigenvalue weighted by Crippen LogP contribution is -2.24. The Morgan fingerprint density at radius 1 is 1.08 bits per heavy atom. The molecule has 0 aromatic heterocycles. The van der Waals surface area contributed by atoms with Gasteiger partial charge in [0.1, 0.15) is 0 Å². The van der Waals surface area contributed by atoms with Crippen molar-refractivity contribution in [3.63, 3.8) is 0 Å². The molecule has 0 spiro atoms. The lowest BCUT2D eigenvalue weighted by atomic mass is 9.69. The third-order valence-corrected chi connectivity index (χ3v) is 2.71. The van der Waals surface area contributed by atoms with Crippen LogP contribution in [0.4, 0.5) is 0 Å². The fraction of sp³-hybridized carbons (Fsp3) is 0.833. The largest absolute Gasteiger partial charge is 0.0874 e. The summed E-state index contributed by atoms with van der Waals surface area (Å²) in [7, 11) is 0. The molecule has 0 aliphatic carbocycles. The highest BCUT2D eigenvalue weighted by Crippen LogP contribution is 2.41. The minimum Gasteiger partial charge on any atom is -0.0874 e. The molecular weight excluding hydrogens is 144 g/mol. The van der Waals surface area contributed by atoms with Crippen LogP contribution in [-0.4, -0.2) is 0 Å². The summed E-state index contributed by atoms with van der Waals surface area (Å²) >= 11 is 0. The fourth-order valence-corrected chi connectivity index (χ4v) is 2.03. The molecule has 0 atom stereocenters. The van der Waals surface area contributed by atoms with Gasteiger partial charge in [0.25, 0.3) is 0 Å². The van der Waals surface area contributed by atoms with Crippen LogP contribution in [-0.2, 0) is 0 Å². The van der Waals surface area contributed by atoms with Gasteiger partial charge < -0.3 is 0 Å². The van der Waals surface area contributed by atoms with Gasteiger partial charge in [-0.1, -0.05) is 53.2 Å². The van der Waals surface area contributed by atoms with Gasteiger partial charge in [-0.2, -0.15) is 0 Å². The molecule has 0 heteroatoms. The maximum absolute atomic E-state index is 2.33. The van der Waals surface area contributed by atoms with Crippen LogP contribution in [0.25, 0.3) is 0 Å². The van der Waals surface area contributed by atoms with E-state index < -0.39 is 0 Å². The average molecular weight is 168 g/mol. The predicted molar refractivity (Wildman–Crippen MR) is 57.3 cm³/mol. The predicted octanol–water partition coefficient (Wildman–Crippen LogP) is 4.42. The van der Waals surface area contributed by atoms with Crippen molar-refractivity contribution in [1.29, 1.82) is 0 Å². The molecule has 0 aliphatic heterocycles. The standard InChI is InChI=1S/C12H24/c1-8-10(11(3,4)5)12(6,7)9-2/h8H,9H2,1-7H3/b10-8-. The van der Waals surface area contributed by atoms with Crippen LogP contribution < -0.4 is 0 Å². The zero-order chi connectivity index (χ0) is 9.99. The molecule has 0 aliphatic rings. The first-order valence-corrected chi connectivity index (χ1v) is 4.93. The van der Waals surface area contributed by atoms with Crippen LogP contribution in [0.3, 0.4) is 0 Å². The van der Waals surface area contributed by atoms with Crippen molar-refractivity contribution in [2.24, 2.45) is 10.8 Å². The third kappa shape index (κ3) is 2.66. The quantitative estimate of drug-likeness (QED) is 0.536. The van der Waals surface area contributed by atoms with Gasteiger partial charge in [-0.05, 0) is 24.2 Å². The van der Waals surface area contributed by atoms with E-state index in [4.69, 9.17) is 0 Å². The zero-order valence-corrected chi connectivity index (χ0v) is 9.78. The molecule has 0 nitrogen and oxygen atoms in total. The summed E-state index contributed by atoms with van der Waals surface area (Å²) in [6, 6.07) is 0. The van der Waals surface area contributed by atoms with E-state index in [1.54, 1.807) is 5.57 Å². The molecule has 0 saturated carbocycles. The molecule has 0 aromatic carbocycles. The smallest absolute Gasteiger partial charge is 0.0142 e. The second kappa shape index (κ2) is 3.64. The van der Waals surface area contributed by atoms with Crippen molar-refractivity contribution < 1.29 is 0 Å². The molecule has 0 N–H and O–H groups in total. The van der Waals surface area contributed by atoms with E-state index in [2.05, 4.69) is 54.5 Å². The molecule has 12 heavy (non-hydrogen) atoms. The van der Waals surface area contributed by atoms with Gasteiger partial charge in [-0.25, -0.2) is 0 Å². The van der Waals surface area contributed by atoms with Gasteiger partial charge in [-0.15, -0.1) is 0 Å². The van der Waals surface area contributed by atoms with E-state index in [0.717, 1.165) is 0 Å². The highest BCUT2D eigenvalue weighted by molar-refractivity contribution is 5.17. The van der Waals surface area contributed by atoms with Gasteiger partial charge in [-0.3, -0.25) is 0 Å². The molecule has 0 amide bonds. The van der Waals surface area contributed by atoms with Crippen LogP contribution in [0, 0.1) is 10.8 Å². The van der Waals surface area contributed by atoms with Crippen molar-refractivity contribution in [1.82, 2.24) is 0 Å². The number of hydrogen-bond donors (Lipinski definition) is 0. The minimum atomic E-state index is 0.314. The van der Waals surface area contributed by atoms with Gasteiger partial charge in [0.2, 0.25) is 0 Å². The Kier molecular flexibility index (Phi) is 3.56. The summed E-state index contributed by atoms with van der Waals surface area (Å²) in [6.07, 6.45) is 3.49. The Balaban J connectivity index is 4.84. The number of allylic oxidation sites excluding steroid dienone is 2. The second-order valence-corrected chi connectivity index (χ2v) is 5.19. The summed E-state index contributed by atoms with van der Waals surface area (Å²) in [6.45, 7) is 15.9. The lowest BCUT2D eigenvalue weighted by molar-refractivity contribution is 0.326. The number of hydrogen-bond acceptors (Lipinski definition) is 0. The Morgan fingerprint density at radius 2 is 1.50 bits per heavy atom. The van der Waals surface area contributed by atoms with Crippen LogP contribution >= 0.6 is 0 Å². The topological polar surface area (TPSA) is 0 Å². The van der Waals surface area contributed by atoms with Gasteiger partial charge >= 0.3 is 0 Å². The van der Waals surface area contributed by atoms with Crippen molar-refractivity contribution in [2.45, 2.75) is 54.9 Å². The molecule has 0 rings (SSSR count). The van der Waals surface area contributed by atoms with Gasteiger partial charge in [0.15, 0.2) is 0 Å². The van der Waals surface area contributed by atoms with Crippen molar-refractivity contribution in [3.05, 3.63) is 11.6 Å². The Bertz CT molecular complexity index is 165. The molecule has 0 aromatic rings. The molecule has 0 heterocycles. The Labute approximate surface area is 78.1 Å². The first-order chi connectivity index (χ1) is 5.25. The molecular formula is C12H24. The first kappa shape index (κ1) is 11.7. The molecule has 0 fully saturated rings. The highest BCUT2D eigenvalue weighted by Gasteiger charge is 2.29. The van der Waals surface area contributed by atoms with E-state index in [1.165, 1.54) is 6.42 Å². The normalized spacial score (nSPS) is 15.1. The monoisotopic (exact) mass is 168 g/mol. The van der Waals surface area contributed by atoms with Crippen LogP contribution in [0.5, 0.6) is 0 Å². The van der Waals surface area contributed by atoms with Crippen molar-refractivity contribution in [3.8, 4) is 0 Å². The van der Waals surface area contributed by atoms with E-state index in [1.807, 2.05) is 0 Å². The van der Waals surface area contributed by atoms with Crippen LogP contribution in [0.1, 0.15) is 54.9 Å². The molecule has 0 saturated heterocycles. The van der Waals surface area contributed by atoms with Gasteiger partial charge in [0.05, 0.1) is 0 Å². The van der Waals surface area contributed by atoms with Crippen molar-refractivity contribution >= 4 is 0 Å². The van der Waals surface area contributed by atoms with Crippen molar-refractivity contribution in [2.75, 3.05) is 0 Å². The van der Waals surface area contributed by atoms with E-state index in [-0.39, 0.29) is 0 Å². The summed E-state index contributed by atoms with van der Waals surface area (Å²) in [5.74, 6) is 0. The fourth-order valence-electron chi connectivity index (χ4n) is 2.03. The Hall–Kier alpha value is -0.260. The molecule has 72 valence electrons. The summed E-state index contributed by atoms with van der Waals surface area (Å²) in [5.41, 5.74) is 2.24. The van der Waals surface area contributed by atoms with Crippen LogP contribution in [0.2, 0.25) is 0 Å². The zero-order valence-electron chi connectivity index (χ0n) is 9.78. The minimum absolute atomic E-state index is 0.314. The van der Waals surface area contributed by atoms with Gasteiger partial charge in [0, 0.05) is 0 Å². The molecule has 0 unspecified atom stereocenters. The SMILES string of the molecule is C/C=C(/C(C)(C)C)C(C)(C)CC. The summed E-state index contributed by atoms with van der Waals surface area (Å²) in [5, 5.41) is 0. The van der Waals surface area contributed by atoms with Crippen LogP contribution in [0.15, 0.2) is 11.6 Å². The Morgan fingerprint density at radius 3 is 1.58 bits per heavy atom. The lowest BCUT2D eigenvalue weighted by Gasteiger charge is -2.36. The highest BCUT2D eigenvalue weighted by atomic mass is 14.3. The van der Waals surface area contributed by atoms with E-state index in [9.17, 15) is 0 Å². The number of rotatable bonds is 2. The van der Waals surface area contributed by atoms with E-state index >= 15 is 0 Å². The average Bonchev–Trinajstić information content (AvgIpc) is 1.85. The molecule has 0 radical (unpaired) electrons. The summed E-state index contributed by atoms with van der Waals surface area (Å²) in [4.78, 5) is 0.